The van der Waals surface area contributed by atoms with Crippen LogP contribution >= 0.6 is 11.3 Å². The number of aromatic nitrogens is 1. The quantitative estimate of drug-likeness (QED) is 0.849. The zero-order valence-electron chi connectivity index (χ0n) is 12.4. The first-order valence-corrected chi connectivity index (χ1v) is 9.91. The van der Waals surface area contributed by atoms with Gasteiger partial charge < -0.3 is 4.42 Å². The summed E-state index contributed by atoms with van der Waals surface area (Å²) in [6.07, 6.45) is 3.80. The number of hydrogen-bond donors (Lipinski definition) is 0. The fraction of sp³-hybridized carbons (Fsp3) is 0.500. The predicted octanol–water partition coefficient (Wildman–Crippen LogP) is 1.87. The van der Waals surface area contributed by atoms with Crippen molar-refractivity contribution in [2.45, 2.75) is 13.0 Å². The van der Waals surface area contributed by atoms with Gasteiger partial charge in [0.25, 0.3) is 0 Å². The summed E-state index contributed by atoms with van der Waals surface area (Å²) >= 11 is 1.60. The molecular weight excluding hydrogens is 322 g/mol. The van der Waals surface area contributed by atoms with Gasteiger partial charge in [0.2, 0.25) is 15.9 Å². The van der Waals surface area contributed by atoms with Crippen molar-refractivity contribution in [3.05, 3.63) is 29.5 Å². The maximum Gasteiger partial charge on any atom is 0.236 e. The van der Waals surface area contributed by atoms with Crippen molar-refractivity contribution >= 4 is 21.4 Å². The van der Waals surface area contributed by atoms with Gasteiger partial charge in [-0.3, -0.25) is 4.90 Å². The third kappa shape index (κ3) is 3.75. The van der Waals surface area contributed by atoms with E-state index in [1.54, 1.807) is 21.9 Å². The van der Waals surface area contributed by atoms with E-state index >= 15 is 0 Å². The third-order valence-electron chi connectivity index (χ3n) is 3.69. The average molecular weight is 341 g/mol. The van der Waals surface area contributed by atoms with Gasteiger partial charge >= 0.3 is 0 Å². The molecule has 120 valence electrons. The van der Waals surface area contributed by atoms with Crippen molar-refractivity contribution in [2.75, 3.05) is 32.4 Å². The highest BCUT2D eigenvalue weighted by molar-refractivity contribution is 7.88. The zero-order valence-corrected chi connectivity index (χ0v) is 14.1. The molecule has 0 aromatic carbocycles. The highest BCUT2D eigenvalue weighted by Gasteiger charge is 2.22. The van der Waals surface area contributed by atoms with E-state index in [0.29, 0.717) is 32.1 Å². The summed E-state index contributed by atoms with van der Waals surface area (Å²) in [5, 5.41) is 1.99. The van der Waals surface area contributed by atoms with Gasteiger partial charge in [-0.1, -0.05) is 6.07 Å². The molecule has 0 N–H and O–H groups in total. The number of nitrogens with zero attached hydrogens (tertiary/aromatic N) is 3. The summed E-state index contributed by atoms with van der Waals surface area (Å²) in [4.78, 5) is 7.76. The average Bonchev–Trinajstić information content (AvgIpc) is 3.06. The van der Waals surface area contributed by atoms with Gasteiger partial charge in [-0.25, -0.2) is 17.7 Å². The molecule has 1 aliphatic rings. The summed E-state index contributed by atoms with van der Waals surface area (Å²) in [5.74, 6) is 0.651. The van der Waals surface area contributed by atoms with Crippen molar-refractivity contribution in [3.8, 4) is 10.8 Å². The van der Waals surface area contributed by atoms with Crippen LogP contribution in [0.3, 0.4) is 0 Å². The number of thiophene rings is 1. The molecule has 0 bridgehead atoms. The first-order valence-electron chi connectivity index (χ1n) is 7.18. The molecule has 8 heteroatoms. The van der Waals surface area contributed by atoms with Gasteiger partial charge in [0.1, 0.15) is 6.26 Å². The molecule has 3 rings (SSSR count). The van der Waals surface area contributed by atoms with E-state index in [2.05, 4.69) is 9.88 Å². The second kappa shape index (κ2) is 6.49. The summed E-state index contributed by atoms with van der Waals surface area (Å²) in [6, 6.07) is 3.95. The second-order valence-electron chi connectivity index (χ2n) is 5.41. The number of rotatable bonds is 4. The van der Waals surface area contributed by atoms with Gasteiger partial charge in [0.05, 0.1) is 16.8 Å². The van der Waals surface area contributed by atoms with Gasteiger partial charge in [0.15, 0.2) is 0 Å². The van der Waals surface area contributed by atoms with Crippen LogP contribution in [0, 0.1) is 0 Å². The summed E-state index contributed by atoms with van der Waals surface area (Å²) < 4.78 is 30.3. The topological polar surface area (TPSA) is 66.7 Å². The van der Waals surface area contributed by atoms with E-state index in [1.165, 1.54) is 6.26 Å². The lowest BCUT2D eigenvalue weighted by Gasteiger charge is -2.19. The summed E-state index contributed by atoms with van der Waals surface area (Å²) in [7, 11) is -3.10. The SMILES string of the molecule is CS(=O)(=O)N1CCCN(Cc2coc(-c3cccs3)n2)CC1. The molecule has 6 nitrogen and oxygen atoms in total. The molecule has 2 aromatic heterocycles. The number of sulfonamides is 1. The van der Waals surface area contributed by atoms with Crippen LogP contribution in [0.1, 0.15) is 12.1 Å². The van der Waals surface area contributed by atoms with Crippen LogP contribution in [0.15, 0.2) is 28.2 Å². The Morgan fingerprint density at radius 3 is 2.91 bits per heavy atom. The normalized spacial score (nSPS) is 18.4. The molecule has 2 aromatic rings. The Morgan fingerprint density at radius 2 is 2.18 bits per heavy atom. The van der Waals surface area contributed by atoms with E-state index in [1.807, 2.05) is 17.5 Å². The van der Waals surface area contributed by atoms with E-state index in [-0.39, 0.29) is 0 Å². The monoisotopic (exact) mass is 341 g/mol. The van der Waals surface area contributed by atoms with E-state index in [4.69, 9.17) is 4.42 Å². The van der Waals surface area contributed by atoms with Crippen molar-refractivity contribution in [3.63, 3.8) is 0 Å². The lowest BCUT2D eigenvalue weighted by Crippen LogP contribution is -2.34. The van der Waals surface area contributed by atoms with Crippen molar-refractivity contribution in [1.82, 2.24) is 14.2 Å². The molecule has 1 saturated heterocycles. The van der Waals surface area contributed by atoms with E-state index in [9.17, 15) is 8.42 Å². The standard InChI is InChI=1S/C14H19N3O3S2/c1-22(18,19)17-6-3-5-16(7-8-17)10-12-11-20-14(15-12)13-4-2-9-21-13/h2,4,9,11H,3,5-8,10H2,1H3. The van der Waals surface area contributed by atoms with E-state index < -0.39 is 10.0 Å². The zero-order chi connectivity index (χ0) is 15.6. The Morgan fingerprint density at radius 1 is 1.32 bits per heavy atom. The first-order chi connectivity index (χ1) is 10.5. The Bertz CT molecular complexity index is 710. The molecule has 0 amide bonds. The lowest BCUT2D eigenvalue weighted by atomic mass is 10.3. The van der Waals surface area contributed by atoms with Crippen LogP contribution < -0.4 is 0 Å². The molecule has 0 atom stereocenters. The minimum Gasteiger partial charge on any atom is -0.444 e. The van der Waals surface area contributed by atoms with Gasteiger partial charge in [-0.15, -0.1) is 11.3 Å². The largest absolute Gasteiger partial charge is 0.444 e. The van der Waals surface area contributed by atoms with Crippen LogP contribution in [-0.2, 0) is 16.6 Å². The Labute approximate surface area is 134 Å². The second-order valence-corrected chi connectivity index (χ2v) is 8.34. The predicted molar refractivity (Wildman–Crippen MR) is 86.1 cm³/mol. The molecule has 1 aliphatic heterocycles. The van der Waals surface area contributed by atoms with Crippen molar-refractivity contribution in [1.29, 1.82) is 0 Å². The van der Waals surface area contributed by atoms with Crippen molar-refractivity contribution < 1.29 is 12.8 Å². The molecule has 0 unspecified atom stereocenters. The maximum absolute atomic E-state index is 11.6. The molecule has 1 fully saturated rings. The fourth-order valence-electron chi connectivity index (χ4n) is 2.56. The minimum atomic E-state index is -3.10. The summed E-state index contributed by atoms with van der Waals surface area (Å²) in [5.41, 5.74) is 0.885. The molecule has 0 saturated carbocycles. The fourth-order valence-corrected chi connectivity index (χ4v) is 4.09. The van der Waals surface area contributed by atoms with Gasteiger partial charge in [-0.05, 0) is 24.4 Å². The number of hydrogen-bond acceptors (Lipinski definition) is 6. The van der Waals surface area contributed by atoms with Crippen LogP contribution in [0.25, 0.3) is 10.8 Å². The first kappa shape index (κ1) is 15.7. The van der Waals surface area contributed by atoms with Crippen LogP contribution in [-0.4, -0.2) is 55.0 Å². The minimum absolute atomic E-state index is 0.536. The molecule has 3 heterocycles. The lowest BCUT2D eigenvalue weighted by molar-refractivity contribution is 0.275. The Hall–Kier alpha value is -1.22. The third-order valence-corrected chi connectivity index (χ3v) is 5.85. The molecular formula is C14H19N3O3S2. The molecule has 0 radical (unpaired) electrons. The Kier molecular flexibility index (Phi) is 4.62. The van der Waals surface area contributed by atoms with Gasteiger partial charge in [-0.2, -0.15) is 0 Å². The van der Waals surface area contributed by atoms with Gasteiger partial charge in [0, 0.05) is 26.2 Å². The molecule has 22 heavy (non-hydrogen) atoms. The highest BCUT2D eigenvalue weighted by atomic mass is 32.2. The molecule has 0 spiro atoms. The molecule has 0 aliphatic carbocycles. The summed E-state index contributed by atoms with van der Waals surface area (Å²) in [6.45, 7) is 3.40. The maximum atomic E-state index is 11.6. The number of oxazole rings is 1. The highest BCUT2D eigenvalue weighted by Crippen LogP contribution is 2.24. The van der Waals surface area contributed by atoms with Crippen LogP contribution in [0.2, 0.25) is 0 Å². The van der Waals surface area contributed by atoms with E-state index in [0.717, 1.165) is 23.5 Å². The van der Waals surface area contributed by atoms with Crippen molar-refractivity contribution in [2.24, 2.45) is 0 Å². The smallest absolute Gasteiger partial charge is 0.236 e. The Balaban J connectivity index is 1.62. The van der Waals surface area contributed by atoms with Crippen LogP contribution in [0.5, 0.6) is 0 Å². The van der Waals surface area contributed by atoms with Crippen LogP contribution in [0.4, 0.5) is 0 Å².